The van der Waals surface area contributed by atoms with Crippen LogP contribution in [0.2, 0.25) is 0 Å². The van der Waals surface area contributed by atoms with Gasteiger partial charge >= 0.3 is 0 Å². The van der Waals surface area contributed by atoms with Crippen molar-refractivity contribution < 1.29 is 9.59 Å². The quantitative estimate of drug-likeness (QED) is 0.848. The van der Waals surface area contributed by atoms with Gasteiger partial charge in [0.15, 0.2) is 5.69 Å². The number of primary amides is 1. The highest BCUT2D eigenvalue weighted by molar-refractivity contribution is 9.10. The van der Waals surface area contributed by atoms with Crippen molar-refractivity contribution in [1.82, 2.24) is 9.78 Å². The van der Waals surface area contributed by atoms with Gasteiger partial charge in [-0.1, -0.05) is 13.8 Å². The molecule has 8 heteroatoms. The number of thiophene rings is 1. The summed E-state index contributed by atoms with van der Waals surface area (Å²) in [6.45, 7) is 5.88. The van der Waals surface area contributed by atoms with Gasteiger partial charge in [0.1, 0.15) is 5.00 Å². The maximum Gasteiger partial charge on any atom is 0.277 e. The second-order valence-electron chi connectivity index (χ2n) is 5.24. The molecule has 0 atom stereocenters. The Balaban J connectivity index is 2.35. The zero-order chi connectivity index (χ0) is 16.6. The normalized spacial score (nSPS) is 11.0. The van der Waals surface area contributed by atoms with E-state index in [9.17, 15) is 9.59 Å². The molecular formula is C14H17BrN4O2S. The number of nitrogens with one attached hydrogen (secondary N) is 1. The molecular weight excluding hydrogens is 368 g/mol. The number of hydrogen-bond acceptors (Lipinski definition) is 4. The number of carbonyl (C=O) groups excluding carboxylic acids is 2. The van der Waals surface area contributed by atoms with E-state index in [-0.39, 0.29) is 17.5 Å². The first-order valence-corrected chi connectivity index (χ1v) is 8.27. The largest absolute Gasteiger partial charge is 0.366 e. The standard InChI is InChI=1S/C14H17BrN4O2S/c1-6(2)9-5-8(12(16)20)14(22-9)17-13(21)11-10(15)7(3)19(4)18-11/h5-6H,1-4H3,(H2,16,20)(H,17,21). The van der Waals surface area contributed by atoms with Crippen LogP contribution in [-0.2, 0) is 7.05 Å². The topological polar surface area (TPSA) is 90.0 Å². The van der Waals surface area contributed by atoms with Gasteiger partial charge in [0.2, 0.25) is 0 Å². The van der Waals surface area contributed by atoms with Gasteiger partial charge in [-0.2, -0.15) is 5.10 Å². The SMILES string of the molecule is Cc1c(Br)c(C(=O)Nc2sc(C(C)C)cc2C(N)=O)nn1C. The summed E-state index contributed by atoms with van der Waals surface area (Å²) in [6.07, 6.45) is 0. The molecule has 0 aromatic carbocycles. The summed E-state index contributed by atoms with van der Waals surface area (Å²) in [5, 5.41) is 7.36. The van der Waals surface area contributed by atoms with Crippen LogP contribution in [0.15, 0.2) is 10.5 Å². The summed E-state index contributed by atoms with van der Waals surface area (Å²) in [6, 6.07) is 1.73. The molecule has 2 aromatic heterocycles. The lowest BCUT2D eigenvalue weighted by Gasteiger charge is -2.03. The molecule has 22 heavy (non-hydrogen) atoms. The van der Waals surface area contributed by atoms with Crippen molar-refractivity contribution in [3.63, 3.8) is 0 Å². The molecule has 0 saturated heterocycles. The van der Waals surface area contributed by atoms with Gasteiger partial charge in [0.25, 0.3) is 11.8 Å². The molecule has 0 spiro atoms. The Morgan fingerprint density at radius 2 is 2.09 bits per heavy atom. The Kier molecular flexibility index (Phi) is 4.72. The van der Waals surface area contributed by atoms with E-state index in [0.717, 1.165) is 10.6 Å². The summed E-state index contributed by atoms with van der Waals surface area (Å²) < 4.78 is 2.25. The number of hydrogen-bond donors (Lipinski definition) is 2. The van der Waals surface area contributed by atoms with E-state index >= 15 is 0 Å². The van der Waals surface area contributed by atoms with Gasteiger partial charge in [-0.3, -0.25) is 14.3 Å². The highest BCUT2D eigenvalue weighted by Gasteiger charge is 2.22. The molecule has 2 heterocycles. The predicted molar refractivity (Wildman–Crippen MR) is 90.5 cm³/mol. The molecule has 2 amide bonds. The van der Waals surface area contributed by atoms with Crippen molar-refractivity contribution in [2.75, 3.05) is 5.32 Å². The van der Waals surface area contributed by atoms with Gasteiger partial charge in [0, 0.05) is 11.9 Å². The first kappa shape index (κ1) is 16.7. The van der Waals surface area contributed by atoms with E-state index in [1.54, 1.807) is 17.8 Å². The molecule has 0 aliphatic heterocycles. The Hall–Kier alpha value is -1.67. The van der Waals surface area contributed by atoms with Crippen molar-refractivity contribution in [3.05, 3.63) is 32.4 Å². The zero-order valence-electron chi connectivity index (χ0n) is 12.7. The van der Waals surface area contributed by atoms with E-state index < -0.39 is 5.91 Å². The number of halogens is 1. The zero-order valence-corrected chi connectivity index (χ0v) is 15.1. The van der Waals surface area contributed by atoms with Crippen LogP contribution in [0.1, 0.15) is 51.2 Å². The molecule has 0 aliphatic rings. The molecule has 2 aromatic rings. The van der Waals surface area contributed by atoms with Crippen LogP contribution in [-0.4, -0.2) is 21.6 Å². The van der Waals surface area contributed by atoms with Gasteiger partial charge in [-0.15, -0.1) is 11.3 Å². The number of rotatable bonds is 4. The molecule has 118 valence electrons. The third-order valence-corrected chi connectivity index (χ3v) is 5.59. The average molecular weight is 385 g/mol. The summed E-state index contributed by atoms with van der Waals surface area (Å²) in [5.74, 6) is -0.692. The highest BCUT2D eigenvalue weighted by Crippen LogP contribution is 2.33. The van der Waals surface area contributed by atoms with Gasteiger partial charge in [-0.25, -0.2) is 0 Å². The minimum absolute atomic E-state index is 0.248. The summed E-state index contributed by atoms with van der Waals surface area (Å²) in [4.78, 5) is 24.9. The maximum atomic E-state index is 12.4. The molecule has 6 nitrogen and oxygen atoms in total. The van der Waals surface area contributed by atoms with Crippen molar-refractivity contribution >= 4 is 44.1 Å². The lowest BCUT2D eigenvalue weighted by Crippen LogP contribution is -2.17. The number of carbonyl (C=O) groups is 2. The lowest BCUT2D eigenvalue weighted by atomic mass is 10.1. The number of aromatic nitrogens is 2. The fourth-order valence-corrected chi connectivity index (χ4v) is 3.44. The van der Waals surface area contributed by atoms with Crippen LogP contribution < -0.4 is 11.1 Å². The molecule has 2 rings (SSSR count). The van der Waals surface area contributed by atoms with Crippen LogP contribution in [0, 0.1) is 6.92 Å². The maximum absolute atomic E-state index is 12.4. The smallest absolute Gasteiger partial charge is 0.277 e. The van der Waals surface area contributed by atoms with Crippen molar-refractivity contribution in [1.29, 1.82) is 0 Å². The van der Waals surface area contributed by atoms with E-state index in [4.69, 9.17) is 5.73 Å². The molecule has 3 N–H and O–H groups in total. The molecule has 0 unspecified atom stereocenters. The number of amides is 2. The first-order valence-electron chi connectivity index (χ1n) is 6.66. The van der Waals surface area contributed by atoms with E-state index in [2.05, 4.69) is 26.3 Å². The summed E-state index contributed by atoms with van der Waals surface area (Å²) in [7, 11) is 1.76. The van der Waals surface area contributed by atoms with E-state index in [1.807, 2.05) is 20.8 Å². The van der Waals surface area contributed by atoms with Crippen LogP contribution >= 0.6 is 27.3 Å². The number of anilines is 1. The number of aryl methyl sites for hydroxylation is 1. The van der Waals surface area contributed by atoms with Crippen LogP contribution in [0.5, 0.6) is 0 Å². The fraction of sp³-hybridized carbons (Fsp3) is 0.357. The van der Waals surface area contributed by atoms with E-state index in [0.29, 0.717) is 15.0 Å². The predicted octanol–water partition coefficient (Wildman–Crippen LogP) is 3.03. The van der Waals surface area contributed by atoms with Crippen molar-refractivity contribution in [3.8, 4) is 0 Å². The minimum atomic E-state index is -0.560. The first-order chi connectivity index (χ1) is 10.2. The van der Waals surface area contributed by atoms with Crippen molar-refractivity contribution in [2.45, 2.75) is 26.7 Å². The van der Waals surface area contributed by atoms with Gasteiger partial charge < -0.3 is 11.1 Å². The Labute approximate surface area is 140 Å². The van der Waals surface area contributed by atoms with Gasteiger partial charge in [-0.05, 0) is 34.8 Å². The summed E-state index contributed by atoms with van der Waals surface area (Å²) >= 11 is 4.71. The molecule has 0 fully saturated rings. The Morgan fingerprint density at radius 3 is 2.55 bits per heavy atom. The number of nitrogens with zero attached hydrogens (tertiary/aromatic N) is 2. The Bertz CT molecular complexity index is 748. The third-order valence-electron chi connectivity index (χ3n) is 3.29. The summed E-state index contributed by atoms with van der Waals surface area (Å²) in [5.41, 5.74) is 6.83. The van der Waals surface area contributed by atoms with Crippen LogP contribution in [0.3, 0.4) is 0 Å². The molecule has 0 aliphatic carbocycles. The average Bonchev–Trinajstić information content (AvgIpc) is 2.96. The van der Waals surface area contributed by atoms with Crippen molar-refractivity contribution in [2.24, 2.45) is 12.8 Å². The molecule has 0 bridgehead atoms. The minimum Gasteiger partial charge on any atom is -0.366 e. The third kappa shape index (κ3) is 3.07. The second kappa shape index (κ2) is 6.21. The van der Waals surface area contributed by atoms with Gasteiger partial charge in [0.05, 0.1) is 15.7 Å². The highest BCUT2D eigenvalue weighted by atomic mass is 79.9. The Morgan fingerprint density at radius 1 is 1.45 bits per heavy atom. The lowest BCUT2D eigenvalue weighted by molar-refractivity contribution is 0.100. The van der Waals surface area contributed by atoms with Crippen LogP contribution in [0.25, 0.3) is 0 Å². The number of nitrogens with two attached hydrogens (primary N) is 1. The molecule has 0 saturated carbocycles. The monoisotopic (exact) mass is 384 g/mol. The second-order valence-corrected chi connectivity index (χ2v) is 7.11. The molecule has 0 radical (unpaired) electrons. The van der Waals surface area contributed by atoms with E-state index in [1.165, 1.54) is 11.3 Å². The van der Waals surface area contributed by atoms with Crippen LogP contribution in [0.4, 0.5) is 5.00 Å². The fourth-order valence-electron chi connectivity index (χ4n) is 1.86.